The molecule has 0 N–H and O–H groups in total. The zero-order chi connectivity index (χ0) is 12.1. The van der Waals surface area contributed by atoms with Gasteiger partial charge in [-0.2, -0.15) is 5.10 Å². The molecule has 1 heterocycles. The van der Waals surface area contributed by atoms with Crippen LogP contribution < -0.4 is 0 Å². The van der Waals surface area contributed by atoms with Crippen molar-refractivity contribution in [2.24, 2.45) is 0 Å². The summed E-state index contributed by atoms with van der Waals surface area (Å²) in [4.78, 5) is 0. The van der Waals surface area contributed by atoms with E-state index in [4.69, 9.17) is 0 Å². The molecule has 0 spiro atoms. The van der Waals surface area contributed by atoms with Crippen molar-refractivity contribution in [3.8, 4) is 5.69 Å². The Morgan fingerprint density at radius 3 is 2.65 bits per heavy atom. The third-order valence-electron chi connectivity index (χ3n) is 2.84. The minimum Gasteiger partial charge on any atom is -0.237 e. The van der Waals surface area contributed by atoms with Crippen LogP contribution in [0.4, 0.5) is 0 Å². The number of unbranched alkanes of at least 4 members (excludes halogenated alkanes) is 2. The van der Waals surface area contributed by atoms with Crippen LogP contribution in [-0.4, -0.2) is 9.78 Å². The van der Waals surface area contributed by atoms with Crippen molar-refractivity contribution < 1.29 is 0 Å². The highest BCUT2D eigenvalue weighted by atomic mass is 127. The third-order valence-corrected chi connectivity index (χ3v) is 3.74. The Kier molecular flexibility index (Phi) is 4.59. The molecule has 0 saturated carbocycles. The van der Waals surface area contributed by atoms with Gasteiger partial charge in [-0.1, -0.05) is 38.0 Å². The first-order valence-corrected chi connectivity index (χ1v) is 7.18. The molecule has 2 rings (SSSR count). The molecule has 0 unspecified atom stereocenters. The highest BCUT2D eigenvalue weighted by molar-refractivity contribution is 14.1. The van der Waals surface area contributed by atoms with E-state index >= 15 is 0 Å². The maximum Gasteiger partial charge on any atom is 0.0649 e. The van der Waals surface area contributed by atoms with Crippen LogP contribution in [0.3, 0.4) is 0 Å². The molecule has 1 aromatic carbocycles. The quantitative estimate of drug-likeness (QED) is 0.589. The molecule has 0 amide bonds. The Bertz CT molecular complexity index is 462. The summed E-state index contributed by atoms with van der Waals surface area (Å²) in [6.07, 6.45) is 6.85. The van der Waals surface area contributed by atoms with Gasteiger partial charge in [-0.05, 0) is 47.6 Å². The summed E-state index contributed by atoms with van der Waals surface area (Å²) in [6, 6.07) is 10.4. The van der Waals surface area contributed by atoms with Crippen LogP contribution in [0.25, 0.3) is 5.69 Å². The van der Waals surface area contributed by atoms with Crippen LogP contribution in [0.2, 0.25) is 0 Å². The van der Waals surface area contributed by atoms with Gasteiger partial charge in [0.15, 0.2) is 0 Å². The normalized spacial score (nSPS) is 10.7. The number of aromatic nitrogens is 2. The molecule has 90 valence electrons. The number of benzene rings is 1. The number of hydrogen-bond acceptors (Lipinski definition) is 1. The number of halogens is 1. The monoisotopic (exact) mass is 340 g/mol. The minimum absolute atomic E-state index is 1.11. The first kappa shape index (κ1) is 12.6. The van der Waals surface area contributed by atoms with Gasteiger partial charge in [-0.3, -0.25) is 0 Å². The van der Waals surface area contributed by atoms with Gasteiger partial charge >= 0.3 is 0 Å². The van der Waals surface area contributed by atoms with E-state index in [2.05, 4.69) is 63.6 Å². The van der Waals surface area contributed by atoms with E-state index in [1.54, 1.807) is 0 Å². The van der Waals surface area contributed by atoms with Crippen molar-refractivity contribution >= 4 is 22.6 Å². The summed E-state index contributed by atoms with van der Waals surface area (Å²) >= 11 is 2.38. The van der Waals surface area contributed by atoms with E-state index in [-0.39, 0.29) is 0 Å². The molecule has 0 atom stereocenters. The summed E-state index contributed by atoms with van der Waals surface area (Å²) in [5, 5.41) is 4.47. The molecule has 1 aromatic heterocycles. The van der Waals surface area contributed by atoms with Gasteiger partial charge in [0.2, 0.25) is 0 Å². The first-order chi connectivity index (χ1) is 8.33. The lowest BCUT2D eigenvalue weighted by atomic mass is 10.1. The number of nitrogens with zero attached hydrogens (tertiary/aromatic N) is 2. The Hall–Kier alpha value is -0.840. The molecule has 0 aliphatic heterocycles. The average Bonchev–Trinajstić information content (AvgIpc) is 2.73. The van der Waals surface area contributed by atoms with Crippen LogP contribution in [0.5, 0.6) is 0 Å². The van der Waals surface area contributed by atoms with Crippen molar-refractivity contribution in [2.45, 2.75) is 32.6 Å². The maximum atomic E-state index is 4.47. The van der Waals surface area contributed by atoms with Gasteiger partial charge in [0.1, 0.15) is 0 Å². The van der Waals surface area contributed by atoms with E-state index in [0.29, 0.717) is 0 Å². The first-order valence-electron chi connectivity index (χ1n) is 6.10. The molecule has 0 fully saturated rings. The lowest BCUT2D eigenvalue weighted by Gasteiger charge is -2.07. The van der Waals surface area contributed by atoms with Gasteiger partial charge < -0.3 is 0 Å². The maximum absolute atomic E-state index is 4.47. The van der Waals surface area contributed by atoms with Gasteiger partial charge in [0.05, 0.1) is 21.1 Å². The molecule has 0 aliphatic carbocycles. The molecule has 2 nitrogen and oxygen atoms in total. The Morgan fingerprint density at radius 1 is 1.18 bits per heavy atom. The predicted molar refractivity (Wildman–Crippen MR) is 79.5 cm³/mol. The Balaban J connectivity index is 2.23. The Morgan fingerprint density at radius 2 is 1.94 bits per heavy atom. The Labute approximate surface area is 116 Å². The minimum atomic E-state index is 1.11. The predicted octanol–water partition coefficient (Wildman–Crippen LogP) is 4.21. The number of para-hydroxylation sites is 1. The fourth-order valence-corrected chi connectivity index (χ4v) is 2.54. The van der Waals surface area contributed by atoms with Gasteiger partial charge in [0.25, 0.3) is 0 Å². The van der Waals surface area contributed by atoms with Crippen LogP contribution in [0.15, 0.2) is 36.5 Å². The number of hydrogen-bond donors (Lipinski definition) is 0. The van der Waals surface area contributed by atoms with Gasteiger partial charge in [-0.15, -0.1) is 0 Å². The molecule has 2 aromatic rings. The van der Waals surface area contributed by atoms with Crippen LogP contribution in [0.1, 0.15) is 31.9 Å². The van der Waals surface area contributed by atoms with E-state index in [0.717, 1.165) is 12.1 Å². The van der Waals surface area contributed by atoms with Crippen LogP contribution >= 0.6 is 22.6 Å². The summed E-state index contributed by atoms with van der Waals surface area (Å²) < 4.78 is 3.33. The third kappa shape index (κ3) is 3.09. The fourth-order valence-electron chi connectivity index (χ4n) is 1.91. The van der Waals surface area contributed by atoms with Crippen molar-refractivity contribution in [3.05, 3.63) is 45.8 Å². The lowest BCUT2D eigenvalue weighted by Crippen LogP contribution is -2.03. The average molecular weight is 340 g/mol. The second kappa shape index (κ2) is 6.19. The smallest absolute Gasteiger partial charge is 0.0649 e. The van der Waals surface area contributed by atoms with E-state index < -0.39 is 0 Å². The molecular weight excluding hydrogens is 323 g/mol. The SMILES string of the molecule is CCCCCc1c(I)cnn1-c1ccccc1. The van der Waals surface area contributed by atoms with E-state index in [1.807, 2.05) is 12.3 Å². The van der Waals surface area contributed by atoms with Crippen LogP contribution in [0, 0.1) is 3.57 Å². The molecule has 0 saturated heterocycles. The van der Waals surface area contributed by atoms with Gasteiger partial charge in [-0.25, -0.2) is 4.68 Å². The van der Waals surface area contributed by atoms with Crippen LogP contribution in [-0.2, 0) is 6.42 Å². The van der Waals surface area contributed by atoms with E-state index in [9.17, 15) is 0 Å². The second-order valence-corrected chi connectivity index (χ2v) is 5.31. The molecular formula is C14H17IN2. The zero-order valence-corrected chi connectivity index (χ0v) is 12.2. The lowest BCUT2D eigenvalue weighted by molar-refractivity contribution is 0.683. The second-order valence-electron chi connectivity index (χ2n) is 4.14. The number of rotatable bonds is 5. The highest BCUT2D eigenvalue weighted by Gasteiger charge is 2.09. The zero-order valence-electron chi connectivity index (χ0n) is 10.1. The summed E-state index contributed by atoms with van der Waals surface area (Å²) in [5.41, 5.74) is 2.49. The summed E-state index contributed by atoms with van der Waals surface area (Å²) in [5.74, 6) is 0. The van der Waals surface area contributed by atoms with Crippen molar-refractivity contribution in [2.75, 3.05) is 0 Å². The topological polar surface area (TPSA) is 17.8 Å². The summed E-state index contributed by atoms with van der Waals surface area (Å²) in [7, 11) is 0. The van der Waals surface area contributed by atoms with Crippen molar-refractivity contribution in [3.63, 3.8) is 0 Å². The standard InChI is InChI=1S/C14H17IN2/c1-2-3-5-10-14-13(15)11-16-17(14)12-8-6-4-7-9-12/h4,6-9,11H,2-3,5,10H2,1H3. The molecule has 3 heteroatoms. The van der Waals surface area contributed by atoms with Gasteiger partial charge in [0, 0.05) is 0 Å². The fraction of sp³-hybridized carbons (Fsp3) is 0.357. The molecule has 0 aliphatic rings. The molecule has 17 heavy (non-hydrogen) atoms. The van der Waals surface area contributed by atoms with E-state index in [1.165, 1.54) is 28.5 Å². The molecule has 0 bridgehead atoms. The van der Waals surface area contributed by atoms with Crippen molar-refractivity contribution in [1.82, 2.24) is 9.78 Å². The van der Waals surface area contributed by atoms with Crippen molar-refractivity contribution in [1.29, 1.82) is 0 Å². The highest BCUT2D eigenvalue weighted by Crippen LogP contribution is 2.18. The molecule has 0 radical (unpaired) electrons. The largest absolute Gasteiger partial charge is 0.237 e. The summed E-state index contributed by atoms with van der Waals surface area (Å²) in [6.45, 7) is 2.24.